The van der Waals surface area contributed by atoms with Crippen molar-refractivity contribution in [1.29, 1.82) is 0 Å². The minimum absolute atomic E-state index is 0.357. The minimum atomic E-state index is -2.77. The number of hydrogen-bond acceptors (Lipinski definition) is 3. The molecule has 0 aromatic carbocycles. The van der Waals surface area contributed by atoms with Crippen LogP contribution >= 0.6 is 0 Å². The molecule has 0 amide bonds. The Morgan fingerprint density at radius 3 is 2.62 bits per heavy atom. The molecule has 0 aliphatic heterocycles. The molecule has 0 radical (unpaired) electrons. The second-order valence-electron chi connectivity index (χ2n) is 6.27. The van der Waals surface area contributed by atoms with Gasteiger partial charge in [-0.05, 0) is 44.5 Å². The fourth-order valence-corrected chi connectivity index (χ4v) is 2.99. The lowest BCUT2D eigenvalue weighted by atomic mass is 10.1. The van der Waals surface area contributed by atoms with E-state index < -0.39 is 5.92 Å². The first-order valence-electron chi connectivity index (χ1n) is 7.78. The van der Waals surface area contributed by atoms with Gasteiger partial charge in [0, 0.05) is 30.4 Å². The first-order valence-corrected chi connectivity index (χ1v) is 7.78. The van der Waals surface area contributed by atoms with Crippen molar-refractivity contribution in [3.05, 3.63) is 47.5 Å². The number of pyridine rings is 2. The summed E-state index contributed by atoms with van der Waals surface area (Å²) in [4.78, 5) is 8.85. The molecule has 0 aliphatic carbocycles. The van der Waals surface area contributed by atoms with E-state index in [2.05, 4.69) is 15.3 Å². The number of nitrogens with zero attached hydrogens (tertiary/aromatic N) is 3. The highest BCUT2D eigenvalue weighted by Gasteiger charge is 2.23. The first-order chi connectivity index (χ1) is 11.2. The zero-order chi connectivity index (χ0) is 17.5. The normalized spacial score (nSPS) is 11.9. The SMILES string of the molecule is Cc1cc(C)c(Nc2nccc3c2ccn3CC(C)(F)F)c(C)n1. The van der Waals surface area contributed by atoms with E-state index in [1.54, 1.807) is 23.0 Å². The summed E-state index contributed by atoms with van der Waals surface area (Å²) < 4.78 is 28.2. The molecule has 0 aliphatic rings. The van der Waals surface area contributed by atoms with Crippen LogP contribution < -0.4 is 5.32 Å². The molecule has 0 spiro atoms. The largest absolute Gasteiger partial charge is 0.341 e. The number of hydrogen-bond donors (Lipinski definition) is 1. The van der Waals surface area contributed by atoms with Gasteiger partial charge in [-0.25, -0.2) is 13.8 Å². The van der Waals surface area contributed by atoms with Gasteiger partial charge in [-0.1, -0.05) is 0 Å². The number of alkyl halides is 2. The molecule has 0 fully saturated rings. The third-order valence-electron chi connectivity index (χ3n) is 3.91. The highest BCUT2D eigenvalue weighted by atomic mass is 19.3. The van der Waals surface area contributed by atoms with Gasteiger partial charge in [0.05, 0.1) is 23.4 Å². The Balaban J connectivity index is 2.03. The maximum Gasteiger partial charge on any atom is 0.262 e. The Morgan fingerprint density at radius 1 is 1.21 bits per heavy atom. The molecule has 24 heavy (non-hydrogen) atoms. The summed E-state index contributed by atoms with van der Waals surface area (Å²) in [6.45, 7) is 6.46. The van der Waals surface area contributed by atoms with Crippen LogP contribution in [-0.4, -0.2) is 20.5 Å². The molecule has 4 nitrogen and oxygen atoms in total. The lowest BCUT2D eigenvalue weighted by molar-refractivity contribution is 0.00510. The van der Waals surface area contributed by atoms with Gasteiger partial charge in [0.2, 0.25) is 0 Å². The van der Waals surface area contributed by atoms with Crippen LogP contribution in [0.4, 0.5) is 20.3 Å². The number of anilines is 2. The quantitative estimate of drug-likeness (QED) is 0.750. The molecular formula is C18H20F2N4. The number of halogens is 2. The standard InChI is InChI=1S/C18H20F2N4/c1-11-9-12(2)22-13(3)16(11)23-17-14-6-8-24(10-18(4,19)20)15(14)5-7-21-17/h5-9H,10H2,1-4H3,(H,21,23). The summed E-state index contributed by atoms with van der Waals surface area (Å²) in [6.07, 6.45) is 3.29. The van der Waals surface area contributed by atoms with E-state index in [9.17, 15) is 8.78 Å². The molecule has 3 heterocycles. The number of aromatic nitrogens is 3. The molecule has 126 valence electrons. The molecule has 0 atom stereocenters. The molecular weight excluding hydrogens is 310 g/mol. The second kappa shape index (κ2) is 5.85. The van der Waals surface area contributed by atoms with E-state index in [0.29, 0.717) is 5.82 Å². The van der Waals surface area contributed by atoms with Crippen LogP contribution in [0.1, 0.15) is 23.9 Å². The highest BCUT2D eigenvalue weighted by molar-refractivity contribution is 5.92. The Labute approximate surface area is 139 Å². The Kier molecular flexibility index (Phi) is 3.99. The van der Waals surface area contributed by atoms with Crippen molar-refractivity contribution in [3.8, 4) is 0 Å². The second-order valence-corrected chi connectivity index (χ2v) is 6.27. The highest BCUT2D eigenvalue weighted by Crippen LogP contribution is 2.29. The van der Waals surface area contributed by atoms with Crippen LogP contribution in [0.3, 0.4) is 0 Å². The van der Waals surface area contributed by atoms with Crippen LogP contribution in [-0.2, 0) is 6.54 Å². The lowest BCUT2D eigenvalue weighted by Gasteiger charge is -2.14. The third-order valence-corrected chi connectivity index (χ3v) is 3.91. The molecule has 0 unspecified atom stereocenters. The molecule has 6 heteroatoms. The van der Waals surface area contributed by atoms with E-state index in [-0.39, 0.29) is 6.54 Å². The van der Waals surface area contributed by atoms with Crippen molar-refractivity contribution in [2.24, 2.45) is 0 Å². The molecule has 1 N–H and O–H groups in total. The van der Waals surface area contributed by atoms with Crippen LogP contribution in [0.25, 0.3) is 10.9 Å². The van der Waals surface area contributed by atoms with E-state index in [0.717, 1.165) is 40.5 Å². The molecule has 3 rings (SSSR count). The third kappa shape index (κ3) is 3.22. The zero-order valence-electron chi connectivity index (χ0n) is 14.2. The van der Waals surface area contributed by atoms with Crippen molar-refractivity contribution in [2.75, 3.05) is 5.32 Å². The number of fused-ring (bicyclic) bond motifs is 1. The molecule has 3 aromatic rings. The smallest absolute Gasteiger partial charge is 0.262 e. The number of nitrogens with one attached hydrogen (secondary N) is 1. The Hall–Kier alpha value is -2.50. The summed E-state index contributed by atoms with van der Waals surface area (Å²) in [5, 5.41) is 4.12. The molecule has 3 aromatic heterocycles. The fourth-order valence-electron chi connectivity index (χ4n) is 2.99. The maximum absolute atomic E-state index is 13.3. The van der Waals surface area contributed by atoms with Gasteiger partial charge >= 0.3 is 0 Å². The topological polar surface area (TPSA) is 42.7 Å². The van der Waals surface area contributed by atoms with Crippen LogP contribution in [0.5, 0.6) is 0 Å². The van der Waals surface area contributed by atoms with Crippen LogP contribution in [0.15, 0.2) is 30.6 Å². The van der Waals surface area contributed by atoms with Crippen molar-refractivity contribution in [1.82, 2.24) is 14.5 Å². The van der Waals surface area contributed by atoms with Gasteiger partial charge in [0.25, 0.3) is 5.92 Å². The van der Waals surface area contributed by atoms with E-state index >= 15 is 0 Å². The van der Waals surface area contributed by atoms with E-state index in [4.69, 9.17) is 0 Å². The van der Waals surface area contributed by atoms with Gasteiger partial charge in [0.15, 0.2) is 0 Å². The number of aryl methyl sites for hydroxylation is 3. The van der Waals surface area contributed by atoms with Gasteiger partial charge in [-0.3, -0.25) is 4.98 Å². The van der Waals surface area contributed by atoms with Crippen molar-refractivity contribution >= 4 is 22.4 Å². The van der Waals surface area contributed by atoms with Crippen molar-refractivity contribution < 1.29 is 8.78 Å². The summed E-state index contributed by atoms with van der Waals surface area (Å²) in [6, 6.07) is 5.56. The summed E-state index contributed by atoms with van der Waals surface area (Å²) in [5.41, 5.74) is 4.53. The Bertz CT molecular complexity index is 871. The average Bonchev–Trinajstić information content (AvgIpc) is 2.85. The summed E-state index contributed by atoms with van der Waals surface area (Å²) >= 11 is 0. The molecule has 0 bridgehead atoms. The number of rotatable bonds is 4. The van der Waals surface area contributed by atoms with Gasteiger partial charge in [0.1, 0.15) is 5.82 Å². The van der Waals surface area contributed by atoms with Crippen molar-refractivity contribution in [3.63, 3.8) is 0 Å². The average molecular weight is 330 g/mol. The first kappa shape index (κ1) is 16.4. The fraction of sp³-hybridized carbons (Fsp3) is 0.333. The lowest BCUT2D eigenvalue weighted by Crippen LogP contribution is -2.18. The predicted octanol–water partition coefficient (Wildman–Crippen LogP) is 4.76. The summed E-state index contributed by atoms with van der Waals surface area (Å²) in [7, 11) is 0. The van der Waals surface area contributed by atoms with Gasteiger partial charge in [-0.2, -0.15) is 0 Å². The van der Waals surface area contributed by atoms with Crippen LogP contribution in [0, 0.1) is 20.8 Å². The Morgan fingerprint density at radius 2 is 1.96 bits per heavy atom. The van der Waals surface area contributed by atoms with Gasteiger partial charge in [-0.15, -0.1) is 0 Å². The molecule has 0 saturated carbocycles. The molecule has 0 saturated heterocycles. The van der Waals surface area contributed by atoms with Gasteiger partial charge < -0.3 is 9.88 Å². The van der Waals surface area contributed by atoms with E-state index in [1.807, 2.05) is 32.9 Å². The van der Waals surface area contributed by atoms with E-state index in [1.165, 1.54) is 0 Å². The summed E-state index contributed by atoms with van der Waals surface area (Å²) in [5.74, 6) is -2.13. The van der Waals surface area contributed by atoms with Crippen LogP contribution in [0.2, 0.25) is 0 Å². The zero-order valence-corrected chi connectivity index (χ0v) is 14.2. The minimum Gasteiger partial charge on any atom is -0.341 e. The van der Waals surface area contributed by atoms with Crippen molar-refractivity contribution in [2.45, 2.75) is 40.2 Å². The predicted molar refractivity (Wildman–Crippen MR) is 92.1 cm³/mol. The monoisotopic (exact) mass is 330 g/mol. The maximum atomic E-state index is 13.3.